The molecule has 4 N–H and O–H groups in total. The van der Waals surface area contributed by atoms with Crippen LogP contribution in [-0.2, 0) is 20.8 Å². The summed E-state index contributed by atoms with van der Waals surface area (Å²) in [7, 11) is 1.43. The monoisotopic (exact) mass is 484 g/mol. The first kappa shape index (κ1) is 25.4. The van der Waals surface area contributed by atoms with Gasteiger partial charge >= 0.3 is 11.7 Å². The average Bonchev–Trinajstić information content (AvgIpc) is 3.32. The molecule has 0 bridgehead atoms. The molecule has 1 aromatic carbocycles. The summed E-state index contributed by atoms with van der Waals surface area (Å²) in [6.07, 6.45) is 1.31. The molecule has 0 spiro atoms. The molecule has 0 saturated heterocycles. The summed E-state index contributed by atoms with van der Waals surface area (Å²) < 4.78 is 11.5. The van der Waals surface area contributed by atoms with Crippen molar-refractivity contribution in [2.24, 2.45) is 5.92 Å². The van der Waals surface area contributed by atoms with Crippen molar-refractivity contribution in [3.8, 4) is 11.3 Å². The molecule has 186 valence electrons. The van der Waals surface area contributed by atoms with Crippen molar-refractivity contribution in [3.63, 3.8) is 0 Å². The van der Waals surface area contributed by atoms with Crippen molar-refractivity contribution in [1.82, 2.24) is 19.7 Å². The van der Waals surface area contributed by atoms with Crippen LogP contribution in [0.25, 0.3) is 11.3 Å². The number of ether oxygens (including phenoxy) is 2. The zero-order valence-electron chi connectivity index (χ0n) is 19.7. The minimum absolute atomic E-state index is 0.0478. The standard InChI is InChI=1S/C23H28N6O6/c1-14(2)12-29-20(24)19(21(31)26-23(29)33)28(9-10-34-3)17(30)13-35-22(32)16-11-25-27-18(16)15-7-5-4-6-8-15/h4-8,11,14H,9-10,12-13,24H2,1-3H3,(H,25,27)(H,26,31,33). The topological polar surface area (TPSA) is 165 Å². The Balaban J connectivity index is 1.85. The lowest BCUT2D eigenvalue weighted by molar-refractivity contribution is -0.121. The smallest absolute Gasteiger partial charge is 0.342 e. The van der Waals surface area contributed by atoms with Gasteiger partial charge in [-0.1, -0.05) is 44.2 Å². The second kappa shape index (κ2) is 11.3. The maximum atomic E-state index is 13.1. The van der Waals surface area contributed by atoms with Crippen molar-refractivity contribution >= 4 is 23.4 Å². The second-order valence-electron chi connectivity index (χ2n) is 8.14. The van der Waals surface area contributed by atoms with E-state index in [-0.39, 0.29) is 42.7 Å². The number of H-pyrrole nitrogens is 2. The number of aromatic amines is 2. The van der Waals surface area contributed by atoms with Crippen molar-refractivity contribution in [1.29, 1.82) is 0 Å². The van der Waals surface area contributed by atoms with E-state index in [0.717, 1.165) is 10.5 Å². The number of esters is 1. The average molecular weight is 485 g/mol. The van der Waals surface area contributed by atoms with Gasteiger partial charge in [-0.05, 0) is 5.92 Å². The van der Waals surface area contributed by atoms with Gasteiger partial charge in [0.15, 0.2) is 12.3 Å². The number of aromatic nitrogens is 4. The minimum Gasteiger partial charge on any atom is -0.452 e. The van der Waals surface area contributed by atoms with Crippen LogP contribution < -0.4 is 21.9 Å². The molecule has 0 aliphatic carbocycles. The normalized spacial score (nSPS) is 11.0. The molecule has 2 heterocycles. The Bertz CT molecular complexity index is 1290. The van der Waals surface area contributed by atoms with Crippen molar-refractivity contribution in [2.75, 3.05) is 37.5 Å². The number of rotatable bonds is 10. The van der Waals surface area contributed by atoms with Crippen LogP contribution in [0.5, 0.6) is 0 Å². The zero-order valence-corrected chi connectivity index (χ0v) is 19.7. The van der Waals surface area contributed by atoms with Crippen LogP contribution in [0.15, 0.2) is 46.1 Å². The third kappa shape index (κ3) is 5.84. The maximum Gasteiger partial charge on any atom is 0.342 e. The summed E-state index contributed by atoms with van der Waals surface area (Å²) in [6.45, 7) is 3.33. The van der Waals surface area contributed by atoms with E-state index in [1.165, 1.54) is 17.9 Å². The van der Waals surface area contributed by atoms with Gasteiger partial charge in [-0.25, -0.2) is 9.59 Å². The fourth-order valence-electron chi connectivity index (χ4n) is 3.48. The van der Waals surface area contributed by atoms with Crippen molar-refractivity contribution in [2.45, 2.75) is 20.4 Å². The number of nitrogens with one attached hydrogen (secondary N) is 2. The molecule has 0 atom stereocenters. The molecule has 0 radical (unpaired) electrons. The quantitative estimate of drug-likeness (QED) is 0.359. The molecule has 12 heteroatoms. The van der Waals surface area contributed by atoms with Gasteiger partial charge in [-0.3, -0.25) is 29.1 Å². The van der Waals surface area contributed by atoms with Gasteiger partial charge in [0.2, 0.25) is 0 Å². The molecule has 0 fully saturated rings. The molecular weight excluding hydrogens is 456 g/mol. The molecule has 2 aromatic heterocycles. The molecule has 0 aliphatic rings. The SMILES string of the molecule is COCCN(C(=O)COC(=O)c1cn[nH]c1-c1ccccc1)c1c(N)n(CC(C)C)c(=O)[nH]c1=O. The van der Waals surface area contributed by atoms with E-state index >= 15 is 0 Å². The molecule has 3 rings (SSSR count). The van der Waals surface area contributed by atoms with Gasteiger partial charge in [-0.2, -0.15) is 5.10 Å². The van der Waals surface area contributed by atoms with E-state index in [0.29, 0.717) is 5.69 Å². The second-order valence-corrected chi connectivity index (χ2v) is 8.14. The van der Waals surface area contributed by atoms with Crippen LogP contribution in [0.2, 0.25) is 0 Å². The van der Waals surface area contributed by atoms with Crippen LogP contribution >= 0.6 is 0 Å². The molecule has 1 amide bonds. The first-order valence-corrected chi connectivity index (χ1v) is 10.9. The number of hydrogen-bond acceptors (Lipinski definition) is 8. The number of nitrogen functional groups attached to an aromatic ring is 1. The summed E-state index contributed by atoms with van der Waals surface area (Å²) in [4.78, 5) is 53.9. The van der Waals surface area contributed by atoms with E-state index in [4.69, 9.17) is 15.2 Å². The molecule has 0 aliphatic heterocycles. The summed E-state index contributed by atoms with van der Waals surface area (Å²) in [5.74, 6) is -1.60. The van der Waals surface area contributed by atoms with E-state index in [9.17, 15) is 19.2 Å². The number of carbonyl (C=O) groups excluding carboxylic acids is 2. The Labute approximate surface area is 200 Å². The lowest BCUT2D eigenvalue weighted by atomic mass is 10.1. The van der Waals surface area contributed by atoms with E-state index < -0.39 is 29.7 Å². The highest BCUT2D eigenvalue weighted by Gasteiger charge is 2.26. The molecule has 3 aromatic rings. The highest BCUT2D eigenvalue weighted by molar-refractivity contribution is 6.00. The highest BCUT2D eigenvalue weighted by atomic mass is 16.5. The molecule has 12 nitrogen and oxygen atoms in total. The van der Waals surface area contributed by atoms with Gasteiger partial charge in [0, 0.05) is 25.8 Å². The summed E-state index contributed by atoms with van der Waals surface area (Å²) in [6, 6.07) is 9.04. The molecule has 35 heavy (non-hydrogen) atoms. The van der Waals surface area contributed by atoms with Gasteiger partial charge in [0.1, 0.15) is 11.4 Å². The predicted octanol–water partition coefficient (Wildman–Crippen LogP) is 1.00. The number of benzene rings is 1. The lowest BCUT2D eigenvalue weighted by Gasteiger charge is -2.24. The predicted molar refractivity (Wildman–Crippen MR) is 129 cm³/mol. The van der Waals surface area contributed by atoms with Gasteiger partial charge < -0.3 is 15.2 Å². The first-order chi connectivity index (χ1) is 16.7. The minimum atomic E-state index is -0.829. The Morgan fingerprint density at radius 2 is 1.91 bits per heavy atom. The first-order valence-electron chi connectivity index (χ1n) is 10.9. The van der Waals surface area contributed by atoms with E-state index in [1.807, 2.05) is 32.0 Å². The maximum absolute atomic E-state index is 13.1. The number of carbonyl (C=O) groups is 2. The number of anilines is 2. The van der Waals surface area contributed by atoms with E-state index in [1.54, 1.807) is 12.1 Å². The van der Waals surface area contributed by atoms with Crippen LogP contribution in [0.3, 0.4) is 0 Å². The third-order valence-corrected chi connectivity index (χ3v) is 5.10. The fraction of sp³-hybridized carbons (Fsp3) is 0.348. The fourth-order valence-corrected chi connectivity index (χ4v) is 3.48. The van der Waals surface area contributed by atoms with Crippen LogP contribution in [-0.4, -0.2) is 58.5 Å². The van der Waals surface area contributed by atoms with Crippen molar-refractivity contribution < 1.29 is 19.1 Å². The van der Waals surface area contributed by atoms with Gasteiger partial charge in [-0.15, -0.1) is 0 Å². The third-order valence-electron chi connectivity index (χ3n) is 5.10. The Kier molecular flexibility index (Phi) is 8.21. The Morgan fingerprint density at radius 3 is 2.57 bits per heavy atom. The van der Waals surface area contributed by atoms with Gasteiger partial charge in [0.05, 0.1) is 18.5 Å². The molecular formula is C23H28N6O6. The summed E-state index contributed by atoms with van der Waals surface area (Å²) in [5, 5.41) is 6.65. The Hall–Kier alpha value is -4.19. The molecule has 0 unspecified atom stereocenters. The van der Waals surface area contributed by atoms with Crippen LogP contribution in [0.1, 0.15) is 24.2 Å². The van der Waals surface area contributed by atoms with Crippen LogP contribution in [0.4, 0.5) is 11.5 Å². The van der Waals surface area contributed by atoms with Crippen LogP contribution in [0, 0.1) is 5.92 Å². The molecule has 0 saturated carbocycles. The van der Waals surface area contributed by atoms with E-state index in [2.05, 4.69) is 15.2 Å². The largest absolute Gasteiger partial charge is 0.452 e. The van der Waals surface area contributed by atoms with Gasteiger partial charge in [0.25, 0.3) is 11.5 Å². The number of methoxy groups -OCH3 is 1. The number of hydrogen-bond donors (Lipinski definition) is 3. The number of nitrogens with two attached hydrogens (primary N) is 1. The zero-order chi connectivity index (χ0) is 25.5. The number of amides is 1. The lowest BCUT2D eigenvalue weighted by Crippen LogP contribution is -2.44. The number of nitrogens with zero attached hydrogens (tertiary/aromatic N) is 3. The highest BCUT2D eigenvalue weighted by Crippen LogP contribution is 2.22. The summed E-state index contributed by atoms with van der Waals surface area (Å²) >= 11 is 0. The Morgan fingerprint density at radius 1 is 1.20 bits per heavy atom. The summed E-state index contributed by atoms with van der Waals surface area (Å²) in [5.41, 5.74) is 5.74. The van der Waals surface area contributed by atoms with Crippen molar-refractivity contribution in [3.05, 3.63) is 62.9 Å².